The summed E-state index contributed by atoms with van der Waals surface area (Å²) in [7, 11) is 0. The lowest BCUT2D eigenvalue weighted by Crippen LogP contribution is -2.05. The van der Waals surface area contributed by atoms with E-state index < -0.39 is 6.10 Å². The number of aliphatic hydroxyl groups excluding tert-OH is 1. The highest BCUT2D eigenvalue weighted by Crippen LogP contribution is 2.29. The highest BCUT2D eigenvalue weighted by Gasteiger charge is 2.16. The summed E-state index contributed by atoms with van der Waals surface area (Å²) in [4.78, 5) is 4.08. The van der Waals surface area contributed by atoms with Crippen molar-refractivity contribution in [1.82, 2.24) is 9.55 Å². The molecule has 3 rings (SSSR count). The molecular weight excluding hydrogens is 272 g/mol. The smallest absolute Gasteiger partial charge is 0.105 e. The fourth-order valence-electron chi connectivity index (χ4n) is 2.79. The molecule has 0 radical (unpaired) electrons. The van der Waals surface area contributed by atoms with Crippen molar-refractivity contribution in [3.05, 3.63) is 82.9 Å². The van der Waals surface area contributed by atoms with Gasteiger partial charge in [-0.15, -0.1) is 0 Å². The van der Waals surface area contributed by atoms with Crippen molar-refractivity contribution in [3.8, 4) is 5.69 Å². The zero-order valence-corrected chi connectivity index (χ0v) is 13.1. The number of imidazole rings is 1. The van der Waals surface area contributed by atoms with Gasteiger partial charge in [-0.05, 0) is 55.2 Å². The van der Waals surface area contributed by atoms with E-state index in [1.54, 1.807) is 12.5 Å². The Labute approximate surface area is 130 Å². The Morgan fingerprint density at radius 1 is 0.955 bits per heavy atom. The Morgan fingerprint density at radius 3 is 2.45 bits per heavy atom. The van der Waals surface area contributed by atoms with Gasteiger partial charge in [0.2, 0.25) is 0 Å². The molecule has 0 aliphatic heterocycles. The van der Waals surface area contributed by atoms with Crippen molar-refractivity contribution in [1.29, 1.82) is 0 Å². The second kappa shape index (κ2) is 5.78. The van der Waals surface area contributed by atoms with Gasteiger partial charge in [0.05, 0.1) is 6.33 Å². The first-order valence-corrected chi connectivity index (χ1v) is 7.40. The number of hydrogen-bond donors (Lipinski definition) is 1. The number of aromatic nitrogens is 2. The Morgan fingerprint density at radius 2 is 1.77 bits per heavy atom. The third-order valence-corrected chi connectivity index (χ3v) is 4.08. The summed E-state index contributed by atoms with van der Waals surface area (Å²) in [6, 6.07) is 12.3. The molecule has 1 atom stereocenters. The molecule has 0 spiro atoms. The van der Waals surface area contributed by atoms with Crippen LogP contribution in [0.25, 0.3) is 5.69 Å². The van der Waals surface area contributed by atoms with Gasteiger partial charge >= 0.3 is 0 Å². The van der Waals surface area contributed by atoms with Gasteiger partial charge in [-0.2, -0.15) is 0 Å². The van der Waals surface area contributed by atoms with Gasteiger partial charge in [-0.1, -0.05) is 29.8 Å². The molecule has 112 valence electrons. The monoisotopic (exact) mass is 292 g/mol. The summed E-state index contributed by atoms with van der Waals surface area (Å²) >= 11 is 0. The van der Waals surface area contributed by atoms with E-state index in [0.717, 1.165) is 27.9 Å². The second-order valence-electron chi connectivity index (χ2n) is 5.77. The van der Waals surface area contributed by atoms with Gasteiger partial charge in [-0.3, -0.25) is 0 Å². The van der Waals surface area contributed by atoms with Crippen molar-refractivity contribution >= 4 is 0 Å². The molecule has 0 aliphatic rings. The quantitative estimate of drug-likeness (QED) is 0.795. The molecule has 0 bridgehead atoms. The van der Waals surface area contributed by atoms with Crippen LogP contribution in [0.5, 0.6) is 0 Å². The lowest BCUT2D eigenvalue weighted by atomic mass is 9.93. The number of hydrogen-bond acceptors (Lipinski definition) is 2. The van der Waals surface area contributed by atoms with Crippen LogP contribution < -0.4 is 0 Å². The van der Waals surface area contributed by atoms with Crippen molar-refractivity contribution < 1.29 is 5.11 Å². The van der Waals surface area contributed by atoms with Gasteiger partial charge in [0.15, 0.2) is 0 Å². The fraction of sp³-hybridized carbons (Fsp3) is 0.211. The molecule has 1 unspecified atom stereocenters. The standard InChI is InChI=1S/C19H20N2O/c1-13-4-7-17(15(3)10-13)19(22)18-11-16(6-5-14(18)2)21-9-8-20-12-21/h4-12,19,22H,1-3H3. The first-order valence-electron chi connectivity index (χ1n) is 7.40. The average Bonchev–Trinajstić information content (AvgIpc) is 3.01. The Hall–Kier alpha value is -2.39. The van der Waals surface area contributed by atoms with Crippen molar-refractivity contribution in [2.75, 3.05) is 0 Å². The van der Waals surface area contributed by atoms with E-state index in [0.29, 0.717) is 0 Å². The molecule has 0 aliphatic carbocycles. The first-order chi connectivity index (χ1) is 10.6. The molecule has 1 heterocycles. The molecule has 0 fully saturated rings. The number of rotatable bonds is 3. The summed E-state index contributed by atoms with van der Waals surface area (Å²) in [5.74, 6) is 0. The van der Waals surface area contributed by atoms with Crippen LogP contribution in [-0.4, -0.2) is 14.7 Å². The van der Waals surface area contributed by atoms with Crippen LogP contribution in [0, 0.1) is 20.8 Å². The van der Waals surface area contributed by atoms with Crippen LogP contribution in [0.15, 0.2) is 55.1 Å². The maximum absolute atomic E-state index is 10.8. The topological polar surface area (TPSA) is 38.0 Å². The second-order valence-corrected chi connectivity index (χ2v) is 5.77. The maximum atomic E-state index is 10.8. The summed E-state index contributed by atoms with van der Waals surface area (Å²) in [6.45, 7) is 6.13. The number of aliphatic hydroxyl groups is 1. The van der Waals surface area contributed by atoms with Gasteiger partial charge in [0.1, 0.15) is 6.10 Å². The molecule has 3 aromatic rings. The van der Waals surface area contributed by atoms with Crippen LogP contribution in [0.4, 0.5) is 0 Å². The van der Waals surface area contributed by atoms with Gasteiger partial charge in [-0.25, -0.2) is 4.98 Å². The lowest BCUT2D eigenvalue weighted by molar-refractivity contribution is 0.219. The number of nitrogens with zero attached hydrogens (tertiary/aromatic N) is 2. The summed E-state index contributed by atoms with van der Waals surface area (Å²) in [5, 5.41) is 10.8. The first kappa shape index (κ1) is 14.5. The highest BCUT2D eigenvalue weighted by molar-refractivity contribution is 5.46. The van der Waals surface area contributed by atoms with Crippen LogP contribution >= 0.6 is 0 Å². The van der Waals surface area contributed by atoms with Crippen LogP contribution in [0.3, 0.4) is 0 Å². The largest absolute Gasteiger partial charge is 0.384 e. The van der Waals surface area contributed by atoms with E-state index in [1.165, 1.54) is 5.56 Å². The van der Waals surface area contributed by atoms with Crippen molar-refractivity contribution in [3.63, 3.8) is 0 Å². The molecule has 0 saturated heterocycles. The summed E-state index contributed by atoms with van der Waals surface area (Å²) < 4.78 is 1.94. The molecule has 2 aromatic carbocycles. The SMILES string of the molecule is Cc1ccc(C(O)c2cc(-n3ccnc3)ccc2C)c(C)c1. The van der Waals surface area contributed by atoms with E-state index in [1.807, 2.05) is 54.9 Å². The zero-order chi connectivity index (χ0) is 15.7. The van der Waals surface area contributed by atoms with E-state index in [9.17, 15) is 5.11 Å². The Bertz CT molecular complexity index is 791. The highest BCUT2D eigenvalue weighted by atomic mass is 16.3. The maximum Gasteiger partial charge on any atom is 0.105 e. The predicted molar refractivity (Wildman–Crippen MR) is 88.3 cm³/mol. The van der Waals surface area contributed by atoms with E-state index in [-0.39, 0.29) is 0 Å². The van der Waals surface area contributed by atoms with Crippen molar-refractivity contribution in [2.45, 2.75) is 26.9 Å². The molecule has 1 aromatic heterocycles. The van der Waals surface area contributed by atoms with Crippen LogP contribution in [-0.2, 0) is 0 Å². The molecule has 1 N–H and O–H groups in total. The summed E-state index contributed by atoms with van der Waals surface area (Å²) in [5.41, 5.74) is 6.28. The molecule has 0 saturated carbocycles. The van der Waals surface area contributed by atoms with E-state index in [4.69, 9.17) is 0 Å². The number of benzene rings is 2. The van der Waals surface area contributed by atoms with Crippen LogP contribution in [0.2, 0.25) is 0 Å². The van der Waals surface area contributed by atoms with Crippen molar-refractivity contribution in [2.24, 2.45) is 0 Å². The minimum atomic E-state index is -0.621. The van der Waals surface area contributed by atoms with E-state index in [2.05, 4.69) is 18.0 Å². The zero-order valence-electron chi connectivity index (χ0n) is 13.1. The Kier molecular flexibility index (Phi) is 3.82. The lowest BCUT2D eigenvalue weighted by Gasteiger charge is -2.18. The van der Waals surface area contributed by atoms with Gasteiger partial charge in [0.25, 0.3) is 0 Å². The molecular formula is C19H20N2O. The normalized spacial score (nSPS) is 12.4. The Balaban J connectivity index is 2.05. The summed E-state index contributed by atoms with van der Waals surface area (Å²) in [6.07, 6.45) is 4.79. The molecule has 22 heavy (non-hydrogen) atoms. The van der Waals surface area contributed by atoms with Gasteiger partial charge < -0.3 is 9.67 Å². The molecule has 3 nitrogen and oxygen atoms in total. The fourth-order valence-corrected chi connectivity index (χ4v) is 2.79. The molecule has 3 heteroatoms. The van der Waals surface area contributed by atoms with E-state index >= 15 is 0 Å². The molecule has 0 amide bonds. The minimum Gasteiger partial charge on any atom is -0.384 e. The third kappa shape index (κ3) is 2.68. The number of aryl methyl sites for hydroxylation is 3. The third-order valence-electron chi connectivity index (χ3n) is 4.08. The minimum absolute atomic E-state index is 0.621. The van der Waals surface area contributed by atoms with Crippen LogP contribution in [0.1, 0.15) is 33.9 Å². The average molecular weight is 292 g/mol. The van der Waals surface area contributed by atoms with Gasteiger partial charge in [0, 0.05) is 18.1 Å². The predicted octanol–water partition coefficient (Wildman–Crippen LogP) is 3.88.